The minimum atomic E-state index is -0.918. The molecule has 0 fully saturated rings. The third kappa shape index (κ3) is 3.46. The highest BCUT2D eigenvalue weighted by molar-refractivity contribution is 5.24. The maximum absolute atomic E-state index is 13.5. The van der Waals surface area contributed by atoms with Crippen molar-refractivity contribution < 1.29 is 13.2 Å². The molecule has 0 aliphatic heterocycles. The van der Waals surface area contributed by atoms with Gasteiger partial charge in [-0.1, -0.05) is 26.7 Å². The second kappa shape index (κ2) is 6.05. The van der Waals surface area contributed by atoms with Gasteiger partial charge in [0.1, 0.15) is 17.5 Å². The van der Waals surface area contributed by atoms with E-state index in [0.717, 1.165) is 12.8 Å². The molecule has 0 spiro atoms. The average molecular weight is 245 g/mol. The van der Waals surface area contributed by atoms with Crippen molar-refractivity contribution in [2.24, 2.45) is 11.7 Å². The molecule has 0 radical (unpaired) electrons. The summed E-state index contributed by atoms with van der Waals surface area (Å²) in [6, 6.07) is 0.622. The predicted molar refractivity (Wildman–Crippen MR) is 61.9 cm³/mol. The van der Waals surface area contributed by atoms with E-state index >= 15 is 0 Å². The molecule has 2 N–H and O–H groups in total. The molecule has 96 valence electrons. The SMILES string of the molecule is CCC(CC)CC(N)c1c(F)cc(F)cc1F. The Kier molecular flexibility index (Phi) is 5.00. The summed E-state index contributed by atoms with van der Waals surface area (Å²) in [5.41, 5.74) is 5.59. The Morgan fingerprint density at radius 1 is 1.06 bits per heavy atom. The van der Waals surface area contributed by atoms with E-state index in [-0.39, 0.29) is 5.56 Å². The van der Waals surface area contributed by atoms with Gasteiger partial charge in [-0.05, 0) is 12.3 Å². The van der Waals surface area contributed by atoms with Crippen molar-refractivity contribution in [2.45, 2.75) is 39.2 Å². The highest BCUT2D eigenvalue weighted by Gasteiger charge is 2.20. The van der Waals surface area contributed by atoms with Crippen LogP contribution in [-0.2, 0) is 0 Å². The van der Waals surface area contributed by atoms with Crippen LogP contribution in [-0.4, -0.2) is 0 Å². The Hall–Kier alpha value is -1.03. The molecule has 0 amide bonds. The van der Waals surface area contributed by atoms with Gasteiger partial charge in [-0.2, -0.15) is 0 Å². The van der Waals surface area contributed by atoms with Gasteiger partial charge in [0.25, 0.3) is 0 Å². The Bertz CT molecular complexity index is 352. The molecule has 0 saturated carbocycles. The molecular weight excluding hydrogens is 227 g/mol. The fraction of sp³-hybridized carbons (Fsp3) is 0.538. The number of hydrogen-bond acceptors (Lipinski definition) is 1. The van der Waals surface area contributed by atoms with Crippen LogP contribution in [0.2, 0.25) is 0 Å². The normalized spacial score (nSPS) is 13.1. The molecule has 0 aliphatic rings. The first-order chi connectivity index (χ1) is 7.99. The van der Waals surface area contributed by atoms with E-state index in [1.165, 1.54) is 0 Å². The Labute approximate surface area is 99.8 Å². The van der Waals surface area contributed by atoms with Crippen molar-refractivity contribution in [1.29, 1.82) is 0 Å². The number of benzene rings is 1. The molecule has 1 aromatic carbocycles. The Balaban J connectivity index is 2.92. The fourth-order valence-electron chi connectivity index (χ4n) is 2.01. The van der Waals surface area contributed by atoms with Crippen molar-refractivity contribution in [3.8, 4) is 0 Å². The van der Waals surface area contributed by atoms with Crippen molar-refractivity contribution >= 4 is 0 Å². The summed E-state index contributed by atoms with van der Waals surface area (Å²) in [7, 11) is 0. The van der Waals surface area contributed by atoms with Gasteiger partial charge in [0.15, 0.2) is 0 Å². The van der Waals surface area contributed by atoms with Crippen LogP contribution in [0.3, 0.4) is 0 Å². The van der Waals surface area contributed by atoms with Crippen LogP contribution in [0.4, 0.5) is 13.2 Å². The van der Waals surface area contributed by atoms with Gasteiger partial charge in [-0.15, -0.1) is 0 Å². The van der Waals surface area contributed by atoms with Gasteiger partial charge >= 0.3 is 0 Å². The van der Waals surface area contributed by atoms with Crippen molar-refractivity contribution in [3.63, 3.8) is 0 Å². The number of nitrogens with two attached hydrogens (primary N) is 1. The molecule has 1 atom stereocenters. The van der Waals surface area contributed by atoms with Gasteiger partial charge in [0.2, 0.25) is 0 Å². The standard InChI is InChI=1S/C13H18F3N/c1-3-8(4-2)5-12(17)13-10(15)6-9(14)7-11(13)16/h6-8,12H,3-5,17H2,1-2H3. The lowest BCUT2D eigenvalue weighted by Gasteiger charge is -2.19. The molecule has 0 aliphatic carbocycles. The average Bonchev–Trinajstić information content (AvgIpc) is 2.24. The van der Waals surface area contributed by atoms with Crippen LogP contribution >= 0.6 is 0 Å². The molecule has 0 saturated heterocycles. The first-order valence-electron chi connectivity index (χ1n) is 5.89. The maximum atomic E-state index is 13.5. The fourth-order valence-corrected chi connectivity index (χ4v) is 2.01. The van der Waals surface area contributed by atoms with E-state index in [9.17, 15) is 13.2 Å². The van der Waals surface area contributed by atoms with Crippen LogP contribution in [0.1, 0.15) is 44.7 Å². The summed E-state index contributed by atoms with van der Waals surface area (Å²) >= 11 is 0. The zero-order valence-corrected chi connectivity index (χ0v) is 10.1. The molecule has 17 heavy (non-hydrogen) atoms. The molecule has 1 unspecified atom stereocenters. The van der Waals surface area contributed by atoms with Crippen LogP contribution < -0.4 is 5.73 Å². The van der Waals surface area contributed by atoms with Crippen molar-refractivity contribution in [1.82, 2.24) is 0 Å². The molecule has 1 rings (SSSR count). The lowest BCUT2D eigenvalue weighted by atomic mass is 9.91. The molecule has 1 aromatic rings. The molecular formula is C13H18F3N. The van der Waals surface area contributed by atoms with Crippen LogP contribution in [0, 0.1) is 23.4 Å². The largest absolute Gasteiger partial charge is 0.324 e. The summed E-state index contributed by atoms with van der Waals surface area (Å²) in [6.45, 7) is 4.02. The second-order valence-electron chi connectivity index (χ2n) is 4.31. The van der Waals surface area contributed by atoms with E-state index in [4.69, 9.17) is 5.73 Å². The highest BCUT2D eigenvalue weighted by atomic mass is 19.1. The highest BCUT2D eigenvalue weighted by Crippen LogP contribution is 2.27. The monoisotopic (exact) mass is 245 g/mol. The molecule has 0 aromatic heterocycles. The number of halogens is 3. The maximum Gasteiger partial charge on any atom is 0.133 e. The lowest BCUT2D eigenvalue weighted by molar-refractivity contribution is 0.396. The minimum absolute atomic E-state index is 0.210. The third-order valence-corrected chi connectivity index (χ3v) is 3.16. The third-order valence-electron chi connectivity index (χ3n) is 3.16. The topological polar surface area (TPSA) is 26.0 Å². The van der Waals surface area contributed by atoms with E-state index in [2.05, 4.69) is 0 Å². The molecule has 4 heteroatoms. The van der Waals surface area contributed by atoms with Gasteiger partial charge < -0.3 is 5.73 Å². The molecule has 0 heterocycles. The molecule has 0 bridgehead atoms. The van der Waals surface area contributed by atoms with Gasteiger partial charge in [0, 0.05) is 23.7 Å². The summed E-state index contributed by atoms with van der Waals surface area (Å²) < 4.78 is 39.7. The summed E-state index contributed by atoms with van der Waals surface area (Å²) in [6.07, 6.45) is 2.33. The Morgan fingerprint density at radius 3 is 1.94 bits per heavy atom. The van der Waals surface area contributed by atoms with Crippen LogP contribution in [0.15, 0.2) is 12.1 Å². The summed E-state index contributed by atoms with van der Waals surface area (Å²) in [5.74, 6) is -2.39. The molecule has 1 nitrogen and oxygen atoms in total. The van der Waals surface area contributed by atoms with Gasteiger partial charge in [-0.25, -0.2) is 13.2 Å². The smallest absolute Gasteiger partial charge is 0.133 e. The first-order valence-corrected chi connectivity index (χ1v) is 5.89. The number of rotatable bonds is 5. The van der Waals surface area contributed by atoms with Crippen molar-refractivity contribution in [2.75, 3.05) is 0 Å². The van der Waals surface area contributed by atoms with E-state index in [1.54, 1.807) is 0 Å². The lowest BCUT2D eigenvalue weighted by Crippen LogP contribution is -2.18. The summed E-state index contributed by atoms with van der Waals surface area (Å²) in [4.78, 5) is 0. The summed E-state index contributed by atoms with van der Waals surface area (Å²) in [5, 5.41) is 0. The minimum Gasteiger partial charge on any atom is -0.324 e. The zero-order chi connectivity index (χ0) is 13.0. The Morgan fingerprint density at radius 2 is 1.53 bits per heavy atom. The predicted octanol–water partition coefficient (Wildman–Crippen LogP) is 3.93. The quantitative estimate of drug-likeness (QED) is 0.835. The van der Waals surface area contributed by atoms with Crippen LogP contribution in [0.5, 0.6) is 0 Å². The van der Waals surface area contributed by atoms with Gasteiger partial charge in [-0.3, -0.25) is 0 Å². The van der Waals surface area contributed by atoms with E-state index in [1.807, 2.05) is 13.8 Å². The van der Waals surface area contributed by atoms with Crippen LogP contribution in [0.25, 0.3) is 0 Å². The zero-order valence-electron chi connectivity index (χ0n) is 10.1. The van der Waals surface area contributed by atoms with E-state index < -0.39 is 23.5 Å². The van der Waals surface area contributed by atoms with Crippen molar-refractivity contribution in [3.05, 3.63) is 35.1 Å². The number of hydrogen-bond donors (Lipinski definition) is 1. The van der Waals surface area contributed by atoms with Gasteiger partial charge in [0.05, 0.1) is 0 Å². The van der Waals surface area contributed by atoms with E-state index in [0.29, 0.717) is 24.5 Å². The second-order valence-corrected chi connectivity index (χ2v) is 4.31. The first kappa shape index (κ1) is 14.0.